The zero-order chi connectivity index (χ0) is 11.1. The number of nitriles is 1. The Balaban J connectivity index is 2.49. The molecule has 1 aromatic rings. The van der Waals surface area contributed by atoms with Gasteiger partial charge in [-0.2, -0.15) is 5.26 Å². The molecule has 1 aromatic carbocycles. The molecule has 0 aromatic heterocycles. The van der Waals surface area contributed by atoms with Gasteiger partial charge in [0.15, 0.2) is 0 Å². The summed E-state index contributed by atoms with van der Waals surface area (Å²) >= 11 is 0. The molecule has 0 aliphatic rings. The van der Waals surface area contributed by atoms with Crippen LogP contribution in [0.4, 0.5) is 4.79 Å². The van der Waals surface area contributed by atoms with E-state index in [2.05, 4.69) is 11.4 Å². The highest BCUT2D eigenvalue weighted by Crippen LogP contribution is 2.06. The third kappa shape index (κ3) is 4.14. The molecular weight excluding hydrogens is 192 g/mol. The van der Waals surface area contributed by atoms with E-state index in [4.69, 9.17) is 5.26 Å². The first kappa shape index (κ1) is 11.1. The second-order valence-electron chi connectivity index (χ2n) is 3.12. The van der Waals surface area contributed by atoms with Crippen LogP contribution < -0.4 is 5.32 Å². The lowest BCUT2D eigenvalue weighted by Crippen LogP contribution is -2.18. The highest BCUT2D eigenvalue weighted by molar-refractivity contribution is 5.63. The highest BCUT2D eigenvalue weighted by Gasteiger charge is 1.98. The van der Waals surface area contributed by atoms with E-state index in [0.717, 1.165) is 17.5 Å². The van der Waals surface area contributed by atoms with E-state index in [-0.39, 0.29) is 6.54 Å². The molecular formula is C11H11N2O2. The van der Waals surface area contributed by atoms with E-state index in [1.165, 1.54) is 0 Å². The SMILES string of the molecule is N#CCCc1ccc(CNC([O])=O)cc1. The van der Waals surface area contributed by atoms with Gasteiger partial charge in [-0.05, 0) is 17.5 Å². The Labute approximate surface area is 88.2 Å². The molecule has 77 valence electrons. The molecule has 1 N–H and O–H groups in total. The van der Waals surface area contributed by atoms with Crippen molar-refractivity contribution in [2.45, 2.75) is 19.4 Å². The first-order valence-corrected chi connectivity index (χ1v) is 4.62. The van der Waals surface area contributed by atoms with Crippen LogP contribution in [0.5, 0.6) is 0 Å². The first-order valence-electron chi connectivity index (χ1n) is 4.62. The van der Waals surface area contributed by atoms with Gasteiger partial charge in [0.2, 0.25) is 0 Å². The van der Waals surface area contributed by atoms with Gasteiger partial charge in [0.05, 0.1) is 6.07 Å². The summed E-state index contributed by atoms with van der Waals surface area (Å²) < 4.78 is 0. The Kier molecular flexibility index (Phi) is 4.17. The topological polar surface area (TPSA) is 72.8 Å². The van der Waals surface area contributed by atoms with Gasteiger partial charge in [-0.1, -0.05) is 24.3 Å². The summed E-state index contributed by atoms with van der Waals surface area (Å²) in [6.45, 7) is 0.251. The molecule has 15 heavy (non-hydrogen) atoms. The maximum absolute atomic E-state index is 10.1. The van der Waals surface area contributed by atoms with Crippen molar-refractivity contribution in [3.05, 3.63) is 35.4 Å². The number of hydrogen-bond acceptors (Lipinski definition) is 2. The number of nitrogens with one attached hydrogen (secondary N) is 1. The molecule has 0 aliphatic heterocycles. The van der Waals surface area contributed by atoms with E-state index in [9.17, 15) is 9.90 Å². The van der Waals surface area contributed by atoms with Crippen LogP contribution in [0, 0.1) is 11.3 Å². The fourth-order valence-electron chi connectivity index (χ4n) is 1.20. The lowest BCUT2D eigenvalue weighted by atomic mass is 10.1. The van der Waals surface area contributed by atoms with Crippen LogP contribution in [0.25, 0.3) is 0 Å². The van der Waals surface area contributed by atoms with Crippen LogP contribution in [-0.4, -0.2) is 6.09 Å². The molecule has 1 radical (unpaired) electrons. The van der Waals surface area contributed by atoms with Crippen molar-refractivity contribution in [2.24, 2.45) is 0 Å². The lowest BCUT2D eigenvalue weighted by molar-refractivity contribution is 0.168. The van der Waals surface area contributed by atoms with E-state index in [1.54, 1.807) is 0 Å². The summed E-state index contributed by atoms with van der Waals surface area (Å²) in [5, 5.41) is 20.7. The summed E-state index contributed by atoms with van der Waals surface area (Å²) in [5.74, 6) is 0. The van der Waals surface area contributed by atoms with Gasteiger partial charge in [-0.3, -0.25) is 0 Å². The van der Waals surface area contributed by atoms with Gasteiger partial charge < -0.3 is 5.32 Å². The van der Waals surface area contributed by atoms with Crippen molar-refractivity contribution < 1.29 is 9.90 Å². The number of carbonyl (C=O) groups is 1. The van der Waals surface area contributed by atoms with Gasteiger partial charge in [0.25, 0.3) is 0 Å². The van der Waals surface area contributed by atoms with Crippen molar-refractivity contribution in [3.63, 3.8) is 0 Å². The minimum absolute atomic E-state index is 0.251. The second kappa shape index (κ2) is 5.66. The maximum Gasteiger partial charge on any atom is 0.450 e. The summed E-state index contributed by atoms with van der Waals surface area (Å²) in [6, 6.07) is 9.53. The van der Waals surface area contributed by atoms with Gasteiger partial charge in [-0.25, -0.2) is 9.90 Å². The molecule has 0 spiro atoms. The quantitative estimate of drug-likeness (QED) is 0.810. The van der Waals surface area contributed by atoms with E-state index in [0.29, 0.717) is 6.42 Å². The number of aryl methyl sites for hydroxylation is 1. The molecule has 4 heteroatoms. The molecule has 0 fully saturated rings. The first-order chi connectivity index (χ1) is 7.22. The summed E-state index contributed by atoms with van der Waals surface area (Å²) in [6.07, 6.45) is -0.0509. The minimum Gasteiger partial charge on any atom is -0.314 e. The largest absolute Gasteiger partial charge is 0.450 e. The highest BCUT2D eigenvalue weighted by atomic mass is 16.4. The molecule has 1 rings (SSSR count). The number of nitrogens with zero attached hydrogens (tertiary/aromatic N) is 1. The van der Waals surface area contributed by atoms with Crippen LogP contribution in [-0.2, 0) is 18.1 Å². The van der Waals surface area contributed by atoms with Crippen LogP contribution in [0.15, 0.2) is 24.3 Å². The normalized spacial score (nSPS) is 9.27. The van der Waals surface area contributed by atoms with Crippen molar-refractivity contribution in [2.75, 3.05) is 0 Å². The number of rotatable bonds is 4. The van der Waals surface area contributed by atoms with E-state index < -0.39 is 6.09 Å². The Morgan fingerprint density at radius 1 is 1.27 bits per heavy atom. The fraction of sp³-hybridized carbons (Fsp3) is 0.273. The maximum atomic E-state index is 10.1. The second-order valence-corrected chi connectivity index (χ2v) is 3.12. The van der Waals surface area contributed by atoms with Gasteiger partial charge in [-0.15, -0.1) is 0 Å². The molecule has 0 aliphatic carbocycles. The zero-order valence-corrected chi connectivity index (χ0v) is 8.19. The third-order valence-corrected chi connectivity index (χ3v) is 1.99. The smallest absolute Gasteiger partial charge is 0.314 e. The number of amides is 1. The average molecular weight is 203 g/mol. The third-order valence-electron chi connectivity index (χ3n) is 1.99. The molecule has 0 atom stereocenters. The zero-order valence-electron chi connectivity index (χ0n) is 8.19. The molecule has 1 amide bonds. The summed E-state index contributed by atoms with van der Waals surface area (Å²) in [7, 11) is 0. The minimum atomic E-state index is -1.27. The Hall–Kier alpha value is -2.02. The molecule has 0 heterocycles. The van der Waals surface area contributed by atoms with Crippen molar-refractivity contribution in [3.8, 4) is 6.07 Å². The molecule has 0 saturated carbocycles. The Morgan fingerprint density at radius 2 is 1.87 bits per heavy atom. The van der Waals surface area contributed by atoms with Crippen LogP contribution in [0.3, 0.4) is 0 Å². The summed E-state index contributed by atoms with van der Waals surface area (Å²) in [4.78, 5) is 10.1. The van der Waals surface area contributed by atoms with Crippen molar-refractivity contribution in [1.82, 2.24) is 5.32 Å². The monoisotopic (exact) mass is 203 g/mol. The Morgan fingerprint density at radius 3 is 2.40 bits per heavy atom. The van der Waals surface area contributed by atoms with Crippen molar-refractivity contribution in [1.29, 1.82) is 5.26 Å². The standard InChI is InChI=1S/C11H11N2O2/c12-7-1-2-9-3-5-10(6-4-9)8-13-11(14)15/h3-6,13H,1-2,8H2. The van der Waals surface area contributed by atoms with Crippen LogP contribution in [0.1, 0.15) is 17.5 Å². The fourth-order valence-corrected chi connectivity index (χ4v) is 1.20. The predicted octanol–water partition coefficient (Wildman–Crippen LogP) is 1.78. The van der Waals surface area contributed by atoms with Crippen molar-refractivity contribution >= 4 is 6.09 Å². The molecule has 0 bridgehead atoms. The van der Waals surface area contributed by atoms with Gasteiger partial charge in [0, 0.05) is 13.0 Å². The Bertz CT molecular complexity index is 365. The molecule has 0 saturated heterocycles. The van der Waals surface area contributed by atoms with E-state index >= 15 is 0 Å². The number of hydrogen-bond donors (Lipinski definition) is 1. The van der Waals surface area contributed by atoms with Crippen LogP contribution >= 0.6 is 0 Å². The van der Waals surface area contributed by atoms with Crippen LogP contribution in [0.2, 0.25) is 0 Å². The average Bonchev–Trinajstić information content (AvgIpc) is 2.25. The summed E-state index contributed by atoms with van der Waals surface area (Å²) in [5.41, 5.74) is 1.95. The van der Waals surface area contributed by atoms with E-state index in [1.807, 2.05) is 24.3 Å². The molecule has 0 unspecified atom stereocenters. The number of benzene rings is 1. The predicted molar refractivity (Wildman–Crippen MR) is 53.3 cm³/mol. The molecule has 4 nitrogen and oxygen atoms in total. The lowest BCUT2D eigenvalue weighted by Gasteiger charge is -2.02. The van der Waals surface area contributed by atoms with Gasteiger partial charge in [0.1, 0.15) is 0 Å². The van der Waals surface area contributed by atoms with Gasteiger partial charge >= 0.3 is 6.09 Å². The number of carbonyl (C=O) groups excluding carboxylic acids is 1.